The van der Waals surface area contributed by atoms with E-state index in [0.29, 0.717) is 11.6 Å². The van der Waals surface area contributed by atoms with Gasteiger partial charge in [0.2, 0.25) is 5.95 Å². The summed E-state index contributed by atoms with van der Waals surface area (Å²) in [7, 11) is 1.50. The third-order valence-electron chi connectivity index (χ3n) is 5.16. The van der Waals surface area contributed by atoms with Gasteiger partial charge in [-0.3, -0.25) is 4.79 Å². The molecule has 29 heavy (non-hydrogen) atoms. The number of nitrogens with two attached hydrogens (primary N) is 2. The van der Waals surface area contributed by atoms with Crippen LogP contribution in [0.4, 0.5) is 5.95 Å². The Morgan fingerprint density at radius 3 is 2.38 bits per heavy atom. The Kier molecular flexibility index (Phi) is 6.95. The van der Waals surface area contributed by atoms with E-state index >= 15 is 0 Å². The normalized spacial score (nSPS) is 18.6. The minimum absolute atomic E-state index is 0.0821. The van der Waals surface area contributed by atoms with Crippen LogP contribution in [0.2, 0.25) is 5.02 Å². The zero-order valence-electron chi connectivity index (χ0n) is 16.3. The molecule has 0 radical (unpaired) electrons. The number of aromatic nitrogens is 4. The van der Waals surface area contributed by atoms with Crippen molar-refractivity contribution in [2.75, 3.05) is 12.8 Å². The number of hydrogen-bond donors (Lipinski definition) is 2. The van der Waals surface area contributed by atoms with Crippen LogP contribution >= 0.6 is 11.6 Å². The predicted molar refractivity (Wildman–Crippen MR) is 116 cm³/mol. The van der Waals surface area contributed by atoms with E-state index in [9.17, 15) is 4.79 Å². The lowest BCUT2D eigenvalue weighted by Crippen LogP contribution is -2.29. The summed E-state index contributed by atoms with van der Waals surface area (Å²) in [6.07, 6.45) is 7.07. The molecule has 1 aromatic carbocycles. The van der Waals surface area contributed by atoms with Crippen LogP contribution in [-0.4, -0.2) is 26.8 Å². The molecule has 0 saturated heterocycles. The lowest BCUT2D eigenvalue weighted by Gasteiger charge is -2.29. The standard InChI is InChI=1S/C20H20ClN5O.CH5N/c21-16-3-1-2-14(10-16)13-4-6-17(7-5-13)26-19(27)9-8-18(25-26)15-11-23-20(22)24-12-15;1-2/h1-3,8-13,17H,4-7H2,(H2,22,23,24);2H2,1H3. The van der Waals surface area contributed by atoms with Crippen molar-refractivity contribution in [3.8, 4) is 11.3 Å². The summed E-state index contributed by atoms with van der Waals surface area (Å²) >= 11 is 6.12. The molecule has 0 amide bonds. The maximum atomic E-state index is 12.4. The summed E-state index contributed by atoms with van der Waals surface area (Å²) in [5, 5.41) is 5.34. The first-order valence-corrected chi connectivity index (χ1v) is 9.99. The first-order valence-electron chi connectivity index (χ1n) is 9.61. The van der Waals surface area contributed by atoms with Crippen molar-refractivity contribution in [3.63, 3.8) is 0 Å². The average Bonchev–Trinajstić information content (AvgIpc) is 2.76. The van der Waals surface area contributed by atoms with E-state index < -0.39 is 0 Å². The average molecular weight is 413 g/mol. The van der Waals surface area contributed by atoms with Crippen molar-refractivity contribution < 1.29 is 0 Å². The number of nitrogen functional groups attached to an aromatic ring is 1. The van der Waals surface area contributed by atoms with Gasteiger partial charge in [-0.2, -0.15) is 5.10 Å². The number of nitrogens with zero attached hydrogens (tertiary/aromatic N) is 4. The van der Waals surface area contributed by atoms with Crippen LogP contribution in [0.5, 0.6) is 0 Å². The van der Waals surface area contributed by atoms with Gasteiger partial charge in [-0.1, -0.05) is 23.7 Å². The molecule has 0 bridgehead atoms. The number of hydrogen-bond acceptors (Lipinski definition) is 6. The molecule has 4 rings (SSSR count). The maximum Gasteiger partial charge on any atom is 0.267 e. The Morgan fingerprint density at radius 1 is 1.03 bits per heavy atom. The van der Waals surface area contributed by atoms with Crippen LogP contribution in [0.25, 0.3) is 11.3 Å². The van der Waals surface area contributed by atoms with E-state index in [4.69, 9.17) is 17.3 Å². The molecule has 1 saturated carbocycles. The summed E-state index contributed by atoms with van der Waals surface area (Å²) in [6.45, 7) is 0. The van der Waals surface area contributed by atoms with E-state index in [1.165, 1.54) is 12.6 Å². The van der Waals surface area contributed by atoms with Crippen molar-refractivity contribution in [1.82, 2.24) is 19.7 Å². The van der Waals surface area contributed by atoms with Crippen molar-refractivity contribution in [2.45, 2.75) is 37.6 Å². The first kappa shape index (κ1) is 21.0. The van der Waals surface area contributed by atoms with E-state index in [0.717, 1.165) is 36.3 Å². The maximum absolute atomic E-state index is 12.4. The van der Waals surface area contributed by atoms with Crippen molar-refractivity contribution in [2.24, 2.45) is 5.73 Å². The molecule has 0 aliphatic heterocycles. The molecule has 152 valence electrons. The van der Waals surface area contributed by atoms with Crippen molar-refractivity contribution in [3.05, 3.63) is 69.7 Å². The van der Waals surface area contributed by atoms with Crippen molar-refractivity contribution in [1.29, 1.82) is 0 Å². The Morgan fingerprint density at radius 2 is 1.72 bits per heavy atom. The van der Waals surface area contributed by atoms with Gasteiger partial charge in [0.1, 0.15) is 0 Å². The molecule has 1 aliphatic rings. The number of rotatable bonds is 3. The molecule has 1 aliphatic carbocycles. The summed E-state index contributed by atoms with van der Waals surface area (Å²) in [6, 6.07) is 11.4. The number of benzene rings is 1. The van der Waals surface area contributed by atoms with Gasteiger partial charge in [-0.15, -0.1) is 0 Å². The molecule has 0 spiro atoms. The molecular formula is C21H25ClN6O. The fourth-order valence-corrected chi connectivity index (χ4v) is 3.92. The van der Waals surface area contributed by atoms with Crippen LogP contribution in [0, 0.1) is 0 Å². The molecule has 0 unspecified atom stereocenters. The van der Waals surface area contributed by atoms with Gasteiger partial charge in [0, 0.05) is 29.0 Å². The topological polar surface area (TPSA) is 113 Å². The van der Waals surface area contributed by atoms with Gasteiger partial charge in [-0.05, 0) is 62.4 Å². The largest absolute Gasteiger partial charge is 0.368 e. The summed E-state index contributed by atoms with van der Waals surface area (Å²) in [4.78, 5) is 20.4. The van der Waals surface area contributed by atoms with E-state index in [1.54, 1.807) is 29.2 Å². The van der Waals surface area contributed by atoms with E-state index in [-0.39, 0.29) is 17.5 Å². The minimum atomic E-state index is -0.0821. The highest BCUT2D eigenvalue weighted by molar-refractivity contribution is 6.30. The molecule has 4 N–H and O–H groups in total. The zero-order valence-corrected chi connectivity index (χ0v) is 17.1. The highest BCUT2D eigenvalue weighted by atomic mass is 35.5. The van der Waals surface area contributed by atoms with Crippen LogP contribution < -0.4 is 17.0 Å². The van der Waals surface area contributed by atoms with Gasteiger partial charge >= 0.3 is 0 Å². The highest BCUT2D eigenvalue weighted by Crippen LogP contribution is 2.38. The number of halogens is 1. The van der Waals surface area contributed by atoms with Gasteiger partial charge in [0.05, 0.1) is 11.7 Å². The molecule has 8 heteroatoms. The smallest absolute Gasteiger partial charge is 0.267 e. The lowest BCUT2D eigenvalue weighted by molar-refractivity contribution is 0.295. The van der Waals surface area contributed by atoms with Crippen LogP contribution in [-0.2, 0) is 0 Å². The molecule has 7 nitrogen and oxygen atoms in total. The summed E-state index contributed by atoms with van der Waals surface area (Å²) < 4.78 is 1.61. The number of anilines is 1. The Hall–Kier alpha value is -2.77. The second kappa shape index (κ2) is 9.62. The molecular weight excluding hydrogens is 388 g/mol. The van der Waals surface area contributed by atoms with Gasteiger partial charge in [0.15, 0.2) is 0 Å². The fraction of sp³-hybridized carbons (Fsp3) is 0.333. The molecule has 2 aromatic heterocycles. The second-order valence-corrected chi connectivity index (χ2v) is 7.33. The Bertz CT molecular complexity index is 997. The monoisotopic (exact) mass is 412 g/mol. The van der Waals surface area contributed by atoms with Gasteiger partial charge in [-0.25, -0.2) is 14.6 Å². The molecule has 0 atom stereocenters. The van der Waals surface area contributed by atoms with Crippen LogP contribution in [0.15, 0.2) is 53.6 Å². The van der Waals surface area contributed by atoms with Crippen molar-refractivity contribution >= 4 is 17.5 Å². The van der Waals surface area contributed by atoms with E-state index in [2.05, 4.69) is 26.9 Å². The molecule has 2 heterocycles. The van der Waals surface area contributed by atoms with Crippen LogP contribution in [0.3, 0.4) is 0 Å². The molecule has 1 fully saturated rings. The van der Waals surface area contributed by atoms with Crippen LogP contribution in [0.1, 0.15) is 43.2 Å². The zero-order chi connectivity index (χ0) is 20.8. The van der Waals surface area contributed by atoms with Gasteiger partial charge in [0.25, 0.3) is 5.56 Å². The minimum Gasteiger partial charge on any atom is -0.368 e. The summed E-state index contributed by atoms with van der Waals surface area (Å²) in [5.41, 5.74) is 12.6. The lowest BCUT2D eigenvalue weighted by atomic mass is 9.82. The second-order valence-electron chi connectivity index (χ2n) is 6.89. The SMILES string of the molecule is CN.Nc1ncc(-c2ccc(=O)n(C3CCC(c4cccc(Cl)c4)CC3)n2)cn1. The van der Waals surface area contributed by atoms with Gasteiger partial charge < -0.3 is 11.5 Å². The third kappa shape index (κ3) is 4.99. The highest BCUT2D eigenvalue weighted by Gasteiger charge is 2.25. The first-order chi connectivity index (χ1) is 14.1. The molecule has 3 aromatic rings. The Balaban J connectivity index is 0.00000117. The fourth-order valence-electron chi connectivity index (χ4n) is 3.73. The quantitative estimate of drug-likeness (QED) is 0.681. The summed E-state index contributed by atoms with van der Waals surface area (Å²) in [5.74, 6) is 0.691. The van der Waals surface area contributed by atoms with E-state index in [1.807, 2.05) is 18.2 Å². The predicted octanol–water partition coefficient (Wildman–Crippen LogP) is 3.41. The third-order valence-corrected chi connectivity index (χ3v) is 5.39. The Labute approximate surface area is 174 Å².